The number of anilines is 1. The minimum absolute atomic E-state index is 0.000965. The van der Waals surface area contributed by atoms with Crippen LogP contribution in [0.4, 0.5) is 10.1 Å². The van der Waals surface area contributed by atoms with E-state index in [0.717, 1.165) is 27.0 Å². The molecule has 146 valence electrons. The molecule has 6 nitrogen and oxygen atoms in total. The molecule has 0 spiro atoms. The van der Waals surface area contributed by atoms with E-state index < -0.39 is 16.0 Å². The SMILES string of the molecule is Nc1cc(-c2cccc3[nH]ccc23)cc2c1c(F)nn2S(=O)(=O)C1=CCCC=C1. The molecule has 0 unspecified atom stereocenters. The highest BCUT2D eigenvalue weighted by Crippen LogP contribution is 2.35. The first-order valence-corrected chi connectivity index (χ1v) is 10.6. The maximum atomic E-state index is 14.6. The average Bonchev–Trinajstić information content (AvgIpc) is 3.33. The lowest BCUT2D eigenvalue weighted by atomic mass is 10.00. The van der Waals surface area contributed by atoms with E-state index in [1.165, 1.54) is 6.08 Å². The molecule has 0 fully saturated rings. The summed E-state index contributed by atoms with van der Waals surface area (Å²) in [6, 6.07) is 10.9. The second-order valence-corrected chi connectivity index (χ2v) is 8.70. The zero-order valence-electron chi connectivity index (χ0n) is 15.3. The molecule has 5 rings (SSSR count). The Labute approximate surface area is 166 Å². The number of rotatable bonds is 3. The highest BCUT2D eigenvalue weighted by Gasteiger charge is 2.26. The van der Waals surface area contributed by atoms with Gasteiger partial charge in [0.15, 0.2) is 0 Å². The summed E-state index contributed by atoms with van der Waals surface area (Å²) in [6.45, 7) is 0. The Balaban J connectivity index is 1.79. The third-order valence-electron chi connectivity index (χ3n) is 5.13. The Hall–Kier alpha value is -3.39. The van der Waals surface area contributed by atoms with Gasteiger partial charge in [-0.3, -0.25) is 0 Å². The van der Waals surface area contributed by atoms with Gasteiger partial charge >= 0.3 is 0 Å². The number of aromatic nitrogens is 3. The third-order valence-corrected chi connectivity index (χ3v) is 6.76. The Morgan fingerprint density at radius 1 is 1.17 bits per heavy atom. The number of H-pyrrole nitrogens is 1. The van der Waals surface area contributed by atoms with Crippen molar-refractivity contribution in [1.82, 2.24) is 14.2 Å². The summed E-state index contributed by atoms with van der Waals surface area (Å²) in [4.78, 5) is 3.25. The molecule has 8 heteroatoms. The van der Waals surface area contributed by atoms with Crippen LogP contribution in [0.2, 0.25) is 0 Å². The van der Waals surface area contributed by atoms with Crippen LogP contribution in [-0.2, 0) is 10.0 Å². The van der Waals surface area contributed by atoms with Gasteiger partial charge in [-0.2, -0.15) is 16.9 Å². The molecule has 4 aromatic rings. The first-order chi connectivity index (χ1) is 14.0. The van der Waals surface area contributed by atoms with Crippen LogP contribution in [0.5, 0.6) is 0 Å². The summed E-state index contributed by atoms with van der Waals surface area (Å²) in [5.41, 5.74) is 8.86. The summed E-state index contributed by atoms with van der Waals surface area (Å²) in [5.74, 6) is -0.909. The predicted molar refractivity (Wildman–Crippen MR) is 112 cm³/mol. The van der Waals surface area contributed by atoms with Gasteiger partial charge < -0.3 is 10.7 Å². The van der Waals surface area contributed by atoms with Crippen molar-refractivity contribution < 1.29 is 12.8 Å². The van der Waals surface area contributed by atoms with Crippen LogP contribution in [0.1, 0.15) is 12.8 Å². The lowest BCUT2D eigenvalue weighted by Gasteiger charge is -2.11. The van der Waals surface area contributed by atoms with Crippen molar-refractivity contribution in [3.63, 3.8) is 0 Å². The van der Waals surface area contributed by atoms with E-state index in [0.29, 0.717) is 12.0 Å². The van der Waals surface area contributed by atoms with E-state index in [-0.39, 0.29) is 21.5 Å². The van der Waals surface area contributed by atoms with Gasteiger partial charge in [-0.05, 0) is 54.3 Å². The maximum absolute atomic E-state index is 14.6. The fourth-order valence-corrected chi connectivity index (χ4v) is 5.14. The highest BCUT2D eigenvalue weighted by molar-refractivity contribution is 7.94. The van der Waals surface area contributed by atoms with Crippen molar-refractivity contribution in [2.45, 2.75) is 12.8 Å². The van der Waals surface area contributed by atoms with Crippen LogP contribution < -0.4 is 5.73 Å². The number of fused-ring (bicyclic) bond motifs is 2. The van der Waals surface area contributed by atoms with Crippen LogP contribution in [0.3, 0.4) is 0 Å². The van der Waals surface area contributed by atoms with Gasteiger partial charge in [-0.1, -0.05) is 24.3 Å². The van der Waals surface area contributed by atoms with Gasteiger partial charge in [0.1, 0.15) is 0 Å². The third kappa shape index (κ3) is 2.67. The molecular weight excluding hydrogens is 391 g/mol. The van der Waals surface area contributed by atoms with E-state index in [9.17, 15) is 12.8 Å². The van der Waals surface area contributed by atoms with E-state index in [1.807, 2.05) is 30.5 Å². The zero-order chi connectivity index (χ0) is 20.2. The van der Waals surface area contributed by atoms with Crippen molar-refractivity contribution in [3.05, 3.63) is 71.7 Å². The molecule has 3 N–H and O–H groups in total. The van der Waals surface area contributed by atoms with Gasteiger partial charge in [0, 0.05) is 22.8 Å². The summed E-state index contributed by atoms with van der Waals surface area (Å²) in [5, 5.41) is 4.64. The molecule has 0 atom stereocenters. The molecule has 1 aliphatic carbocycles. The average molecular weight is 408 g/mol. The molecule has 2 aromatic heterocycles. The number of nitrogens with zero attached hydrogens (tertiary/aromatic N) is 2. The number of aromatic amines is 1. The topological polar surface area (TPSA) is 93.8 Å². The van der Waals surface area contributed by atoms with Crippen molar-refractivity contribution in [3.8, 4) is 11.1 Å². The highest BCUT2D eigenvalue weighted by atomic mass is 32.2. The molecule has 0 saturated carbocycles. The van der Waals surface area contributed by atoms with Crippen molar-refractivity contribution in [2.75, 3.05) is 5.73 Å². The number of hydrogen-bond acceptors (Lipinski definition) is 4. The van der Waals surface area contributed by atoms with E-state index in [2.05, 4.69) is 10.1 Å². The van der Waals surface area contributed by atoms with E-state index >= 15 is 0 Å². The predicted octanol–water partition coefficient (Wildman–Crippen LogP) is 4.32. The number of hydrogen-bond donors (Lipinski definition) is 2. The second kappa shape index (κ2) is 6.31. The van der Waals surface area contributed by atoms with E-state index in [4.69, 9.17) is 5.73 Å². The molecule has 0 amide bonds. The Morgan fingerprint density at radius 3 is 2.83 bits per heavy atom. The van der Waals surface area contributed by atoms with Crippen molar-refractivity contribution in [2.24, 2.45) is 0 Å². The summed E-state index contributed by atoms with van der Waals surface area (Å²) < 4.78 is 41.6. The van der Waals surface area contributed by atoms with Crippen LogP contribution in [0.15, 0.2) is 65.7 Å². The number of benzene rings is 2. The van der Waals surface area contributed by atoms with Crippen LogP contribution in [0.25, 0.3) is 32.9 Å². The molecule has 0 aliphatic heterocycles. The Morgan fingerprint density at radius 2 is 2.03 bits per heavy atom. The zero-order valence-corrected chi connectivity index (χ0v) is 16.1. The van der Waals surface area contributed by atoms with E-state index in [1.54, 1.807) is 24.3 Å². The fourth-order valence-electron chi connectivity index (χ4n) is 3.76. The molecule has 0 bridgehead atoms. The maximum Gasteiger partial charge on any atom is 0.283 e. The quantitative estimate of drug-likeness (QED) is 0.494. The number of halogens is 1. The Bertz CT molecular complexity index is 1440. The molecule has 0 radical (unpaired) electrons. The molecule has 2 aromatic carbocycles. The minimum atomic E-state index is -4.04. The van der Waals surface area contributed by atoms with Gasteiger partial charge in [-0.25, -0.2) is 0 Å². The largest absolute Gasteiger partial charge is 0.398 e. The Kier molecular flexibility index (Phi) is 3.85. The minimum Gasteiger partial charge on any atom is -0.398 e. The summed E-state index contributed by atoms with van der Waals surface area (Å²) in [6.07, 6.45) is 8.13. The van der Waals surface area contributed by atoms with Gasteiger partial charge in [-0.15, -0.1) is 5.10 Å². The van der Waals surface area contributed by atoms with Crippen LogP contribution >= 0.6 is 0 Å². The lowest BCUT2D eigenvalue weighted by Crippen LogP contribution is -2.16. The van der Waals surface area contributed by atoms with Crippen LogP contribution in [0, 0.1) is 5.95 Å². The van der Waals surface area contributed by atoms with Gasteiger partial charge in [0.05, 0.1) is 15.8 Å². The summed E-state index contributed by atoms with van der Waals surface area (Å²) in [7, 11) is -4.04. The number of nitrogen functional groups attached to an aromatic ring is 1. The summed E-state index contributed by atoms with van der Waals surface area (Å²) >= 11 is 0. The van der Waals surface area contributed by atoms with Gasteiger partial charge in [0.2, 0.25) is 5.95 Å². The van der Waals surface area contributed by atoms with Crippen LogP contribution in [-0.4, -0.2) is 22.6 Å². The lowest BCUT2D eigenvalue weighted by molar-refractivity contribution is 0.560. The smallest absolute Gasteiger partial charge is 0.283 e. The number of nitrogens with one attached hydrogen (secondary N) is 1. The monoisotopic (exact) mass is 408 g/mol. The van der Waals surface area contributed by atoms with Gasteiger partial charge in [0.25, 0.3) is 10.0 Å². The molecular formula is C21H17FN4O2S. The molecule has 2 heterocycles. The number of allylic oxidation sites excluding steroid dienone is 3. The first-order valence-electron chi connectivity index (χ1n) is 9.13. The normalized spacial score (nSPS) is 14.6. The first kappa shape index (κ1) is 17.7. The van der Waals surface area contributed by atoms with Crippen molar-refractivity contribution in [1.29, 1.82) is 0 Å². The standard InChI is InChI=1S/C21H17FN4O2S/c22-21-20-17(23)11-13(15-7-4-8-18-16(15)9-10-24-18)12-19(20)26(25-21)29(27,28)14-5-2-1-3-6-14/h2,4-12,24H,1,3,23H2. The molecule has 1 aliphatic rings. The molecule has 0 saturated heterocycles. The molecule has 29 heavy (non-hydrogen) atoms. The number of nitrogens with two attached hydrogens (primary N) is 1. The fraction of sp³-hybridized carbons (Fsp3) is 0.0952. The second-order valence-electron chi connectivity index (χ2n) is 6.93. The van der Waals surface area contributed by atoms with Crippen molar-refractivity contribution >= 4 is 37.5 Å².